The molecule has 0 saturated carbocycles. The van der Waals surface area contributed by atoms with E-state index >= 15 is 0 Å². The third-order valence-electron chi connectivity index (χ3n) is 4.58. The Morgan fingerprint density at radius 3 is 2.45 bits per heavy atom. The van der Waals surface area contributed by atoms with E-state index < -0.39 is 6.10 Å². The zero-order chi connectivity index (χ0) is 20.8. The van der Waals surface area contributed by atoms with Crippen molar-refractivity contribution in [3.05, 3.63) is 65.0 Å². The standard InChI is InChI=1S/C22H24ClN3O3/c1-4-15-6-12-18(13-7-15)28-19(5-2)22(27)26(3)14-20-24-21(25-29-20)16-8-10-17(23)11-9-16/h6-13,19H,4-5,14H2,1-3H3/t19-/m0/s1. The fraction of sp³-hybridized carbons (Fsp3) is 0.318. The van der Waals surface area contributed by atoms with Crippen LogP contribution in [0.2, 0.25) is 5.02 Å². The fourth-order valence-corrected chi connectivity index (χ4v) is 2.96. The van der Waals surface area contributed by atoms with Crippen LogP contribution in [-0.2, 0) is 17.8 Å². The van der Waals surface area contributed by atoms with Crippen molar-refractivity contribution >= 4 is 17.5 Å². The molecule has 3 rings (SSSR count). The summed E-state index contributed by atoms with van der Waals surface area (Å²) in [5.74, 6) is 1.35. The molecule has 0 bridgehead atoms. The lowest BCUT2D eigenvalue weighted by molar-refractivity contribution is -0.138. The Morgan fingerprint density at radius 1 is 1.14 bits per heavy atom. The van der Waals surface area contributed by atoms with Crippen molar-refractivity contribution in [3.63, 3.8) is 0 Å². The number of benzene rings is 2. The first kappa shape index (κ1) is 20.9. The molecular weight excluding hydrogens is 390 g/mol. The first-order valence-electron chi connectivity index (χ1n) is 9.59. The third kappa shape index (κ3) is 5.35. The molecule has 7 heteroatoms. The molecule has 1 aromatic heterocycles. The molecule has 0 N–H and O–H groups in total. The highest BCUT2D eigenvalue weighted by Crippen LogP contribution is 2.20. The maximum atomic E-state index is 12.8. The maximum Gasteiger partial charge on any atom is 0.263 e. The van der Waals surface area contributed by atoms with E-state index in [4.69, 9.17) is 20.9 Å². The summed E-state index contributed by atoms with van der Waals surface area (Å²) in [4.78, 5) is 18.7. The molecule has 0 aliphatic carbocycles. The Morgan fingerprint density at radius 2 is 1.83 bits per heavy atom. The van der Waals surface area contributed by atoms with Gasteiger partial charge in [0.1, 0.15) is 5.75 Å². The first-order valence-corrected chi connectivity index (χ1v) is 9.97. The van der Waals surface area contributed by atoms with Gasteiger partial charge in [-0.1, -0.05) is 42.7 Å². The minimum Gasteiger partial charge on any atom is -0.481 e. The Kier molecular flexibility index (Phi) is 6.88. The summed E-state index contributed by atoms with van der Waals surface area (Å²) in [5.41, 5.74) is 2.02. The Bertz CT molecular complexity index is 939. The molecular formula is C22H24ClN3O3. The van der Waals surface area contributed by atoms with Gasteiger partial charge in [0, 0.05) is 17.6 Å². The van der Waals surface area contributed by atoms with Crippen LogP contribution in [0.3, 0.4) is 0 Å². The zero-order valence-electron chi connectivity index (χ0n) is 16.8. The highest BCUT2D eigenvalue weighted by atomic mass is 35.5. The lowest BCUT2D eigenvalue weighted by atomic mass is 10.1. The number of carbonyl (C=O) groups is 1. The number of amides is 1. The minimum atomic E-state index is -0.578. The van der Waals surface area contributed by atoms with Gasteiger partial charge in [-0.15, -0.1) is 0 Å². The van der Waals surface area contributed by atoms with Crippen LogP contribution < -0.4 is 4.74 Å². The van der Waals surface area contributed by atoms with Crippen LogP contribution >= 0.6 is 11.6 Å². The number of aryl methyl sites for hydroxylation is 1. The molecule has 6 nitrogen and oxygen atoms in total. The molecule has 0 saturated heterocycles. The van der Waals surface area contributed by atoms with Crippen LogP contribution in [0.15, 0.2) is 53.1 Å². The molecule has 0 aliphatic heterocycles. The molecule has 1 heterocycles. The largest absolute Gasteiger partial charge is 0.481 e. The first-order chi connectivity index (χ1) is 14.0. The summed E-state index contributed by atoms with van der Waals surface area (Å²) in [7, 11) is 1.70. The zero-order valence-corrected chi connectivity index (χ0v) is 17.5. The molecule has 0 radical (unpaired) electrons. The number of halogens is 1. The summed E-state index contributed by atoms with van der Waals surface area (Å²) < 4.78 is 11.2. The molecule has 0 spiro atoms. The van der Waals surface area contributed by atoms with E-state index in [9.17, 15) is 4.79 Å². The number of likely N-dealkylation sites (N-methyl/N-ethyl adjacent to an activating group) is 1. The monoisotopic (exact) mass is 413 g/mol. The number of ether oxygens (including phenoxy) is 1. The highest BCUT2D eigenvalue weighted by molar-refractivity contribution is 6.30. The Labute approximate surface area is 175 Å². The van der Waals surface area contributed by atoms with E-state index in [1.165, 1.54) is 10.5 Å². The van der Waals surface area contributed by atoms with Gasteiger partial charge >= 0.3 is 0 Å². The van der Waals surface area contributed by atoms with Crippen LogP contribution in [0.5, 0.6) is 5.75 Å². The van der Waals surface area contributed by atoms with Gasteiger partial charge in [-0.2, -0.15) is 4.98 Å². The molecule has 0 unspecified atom stereocenters. The van der Waals surface area contributed by atoms with E-state index in [1.807, 2.05) is 43.3 Å². The number of nitrogens with zero attached hydrogens (tertiary/aromatic N) is 3. The lowest BCUT2D eigenvalue weighted by Gasteiger charge is -2.22. The van der Waals surface area contributed by atoms with Gasteiger partial charge in [0.15, 0.2) is 6.10 Å². The predicted octanol–water partition coefficient (Wildman–Crippen LogP) is 4.77. The summed E-state index contributed by atoms with van der Waals surface area (Å²) in [6.07, 6.45) is 0.936. The van der Waals surface area contributed by atoms with Crippen molar-refractivity contribution in [1.82, 2.24) is 15.0 Å². The average molecular weight is 414 g/mol. The Hall–Kier alpha value is -2.86. The third-order valence-corrected chi connectivity index (χ3v) is 4.83. The Balaban J connectivity index is 1.63. The van der Waals surface area contributed by atoms with Gasteiger partial charge in [0.2, 0.25) is 11.7 Å². The summed E-state index contributed by atoms with van der Waals surface area (Å²) in [6, 6.07) is 15.0. The van der Waals surface area contributed by atoms with Crippen LogP contribution in [0.4, 0.5) is 0 Å². The van der Waals surface area contributed by atoms with Crippen molar-refractivity contribution in [1.29, 1.82) is 0 Å². The van der Waals surface area contributed by atoms with Crippen molar-refractivity contribution in [2.24, 2.45) is 0 Å². The topological polar surface area (TPSA) is 68.5 Å². The van der Waals surface area contributed by atoms with Gasteiger partial charge in [-0.25, -0.2) is 0 Å². The normalized spacial score (nSPS) is 11.9. The molecule has 0 fully saturated rings. The van der Waals surface area contributed by atoms with E-state index in [-0.39, 0.29) is 12.5 Å². The van der Waals surface area contributed by atoms with Crippen LogP contribution in [0, 0.1) is 0 Å². The molecule has 152 valence electrons. The van der Waals surface area contributed by atoms with Gasteiger partial charge in [0.05, 0.1) is 6.54 Å². The number of carbonyl (C=O) groups excluding carboxylic acids is 1. The second-order valence-corrected chi connectivity index (χ2v) is 7.16. The quantitative estimate of drug-likeness (QED) is 0.532. The molecule has 1 atom stereocenters. The molecule has 3 aromatic rings. The summed E-state index contributed by atoms with van der Waals surface area (Å²) in [5, 5.41) is 4.62. The fourth-order valence-electron chi connectivity index (χ4n) is 2.84. The van der Waals surface area contributed by atoms with Gasteiger partial charge in [0.25, 0.3) is 5.91 Å². The maximum absolute atomic E-state index is 12.8. The summed E-state index contributed by atoms with van der Waals surface area (Å²) in [6.45, 7) is 4.22. The molecule has 1 amide bonds. The van der Waals surface area contributed by atoms with Crippen LogP contribution in [0.25, 0.3) is 11.4 Å². The van der Waals surface area contributed by atoms with Gasteiger partial charge in [-0.3, -0.25) is 4.79 Å². The molecule has 29 heavy (non-hydrogen) atoms. The van der Waals surface area contributed by atoms with Crippen molar-refractivity contribution in [2.45, 2.75) is 39.3 Å². The second-order valence-electron chi connectivity index (χ2n) is 6.73. The van der Waals surface area contributed by atoms with Crippen LogP contribution in [0.1, 0.15) is 31.7 Å². The minimum absolute atomic E-state index is 0.140. The van der Waals surface area contributed by atoms with E-state index in [0.717, 1.165) is 12.0 Å². The summed E-state index contributed by atoms with van der Waals surface area (Å²) >= 11 is 5.90. The van der Waals surface area contributed by atoms with Gasteiger partial charge < -0.3 is 14.2 Å². The van der Waals surface area contributed by atoms with Crippen molar-refractivity contribution < 1.29 is 14.1 Å². The van der Waals surface area contributed by atoms with E-state index in [1.54, 1.807) is 19.2 Å². The van der Waals surface area contributed by atoms with Crippen LogP contribution in [-0.4, -0.2) is 34.1 Å². The van der Waals surface area contributed by atoms with E-state index in [2.05, 4.69) is 17.1 Å². The number of hydrogen-bond donors (Lipinski definition) is 0. The molecule has 0 aliphatic rings. The van der Waals surface area contributed by atoms with E-state index in [0.29, 0.717) is 28.9 Å². The number of hydrogen-bond acceptors (Lipinski definition) is 5. The second kappa shape index (κ2) is 9.56. The SMILES string of the molecule is CCc1ccc(O[C@@H](CC)C(=O)N(C)Cc2nc(-c3ccc(Cl)cc3)no2)cc1. The predicted molar refractivity (Wildman–Crippen MR) is 112 cm³/mol. The molecule has 2 aromatic carbocycles. The van der Waals surface area contributed by atoms with Gasteiger partial charge in [-0.05, 0) is 54.8 Å². The highest BCUT2D eigenvalue weighted by Gasteiger charge is 2.24. The average Bonchev–Trinajstić information content (AvgIpc) is 3.20. The number of rotatable bonds is 8. The lowest BCUT2D eigenvalue weighted by Crippen LogP contribution is -2.39. The smallest absolute Gasteiger partial charge is 0.263 e. The number of aromatic nitrogens is 2. The van der Waals surface area contributed by atoms with Crippen molar-refractivity contribution in [3.8, 4) is 17.1 Å². The van der Waals surface area contributed by atoms with Crippen molar-refractivity contribution in [2.75, 3.05) is 7.05 Å².